The molecule has 0 radical (unpaired) electrons. The number of aromatic nitrogens is 2. The summed E-state index contributed by atoms with van der Waals surface area (Å²) in [6, 6.07) is 16.9. The summed E-state index contributed by atoms with van der Waals surface area (Å²) in [7, 11) is 0. The van der Waals surface area contributed by atoms with Crippen molar-refractivity contribution in [2.75, 3.05) is 0 Å². The van der Waals surface area contributed by atoms with Gasteiger partial charge in [0.1, 0.15) is 5.75 Å². The van der Waals surface area contributed by atoms with Crippen LogP contribution in [0.15, 0.2) is 59.1 Å². The Labute approximate surface area is 127 Å². The van der Waals surface area contributed by atoms with Crippen molar-refractivity contribution >= 4 is 11.6 Å². The van der Waals surface area contributed by atoms with Crippen molar-refractivity contribution in [1.29, 1.82) is 0 Å². The lowest BCUT2D eigenvalue weighted by atomic mass is 10.2. The third-order valence-electron chi connectivity index (χ3n) is 2.96. The summed E-state index contributed by atoms with van der Waals surface area (Å²) in [5.41, 5.74) is 0.900. The van der Waals surface area contributed by atoms with E-state index in [-0.39, 0.29) is 6.10 Å². The van der Waals surface area contributed by atoms with Gasteiger partial charge in [0.15, 0.2) is 6.10 Å². The first-order chi connectivity index (χ1) is 10.2. The van der Waals surface area contributed by atoms with Crippen LogP contribution in [0.3, 0.4) is 0 Å². The molecule has 0 amide bonds. The Kier molecular flexibility index (Phi) is 3.88. The number of hydrogen-bond acceptors (Lipinski definition) is 4. The predicted molar refractivity (Wildman–Crippen MR) is 80.2 cm³/mol. The minimum atomic E-state index is -0.380. The van der Waals surface area contributed by atoms with E-state index in [1.165, 1.54) is 0 Å². The molecule has 0 aliphatic carbocycles. The molecule has 4 nitrogen and oxygen atoms in total. The molecule has 2 aromatic carbocycles. The Morgan fingerprint density at radius 1 is 1.05 bits per heavy atom. The van der Waals surface area contributed by atoms with Crippen LogP contribution in [0.1, 0.15) is 18.9 Å². The highest BCUT2D eigenvalue weighted by Crippen LogP contribution is 2.28. The molecule has 1 aromatic heterocycles. The van der Waals surface area contributed by atoms with E-state index in [9.17, 15) is 0 Å². The molecule has 0 spiro atoms. The zero-order chi connectivity index (χ0) is 14.7. The van der Waals surface area contributed by atoms with E-state index in [0.717, 1.165) is 5.56 Å². The molecule has 5 heteroatoms. The molecule has 106 valence electrons. The van der Waals surface area contributed by atoms with Crippen LogP contribution in [-0.4, -0.2) is 10.1 Å². The minimum Gasteiger partial charge on any atom is -0.479 e. The van der Waals surface area contributed by atoms with Crippen molar-refractivity contribution in [3.05, 3.63) is 65.5 Å². The summed E-state index contributed by atoms with van der Waals surface area (Å²) in [6.45, 7) is 1.84. The zero-order valence-electron chi connectivity index (χ0n) is 11.4. The van der Waals surface area contributed by atoms with Crippen molar-refractivity contribution in [3.8, 4) is 17.1 Å². The third kappa shape index (κ3) is 3.06. The van der Waals surface area contributed by atoms with Gasteiger partial charge in [-0.3, -0.25) is 0 Å². The van der Waals surface area contributed by atoms with Gasteiger partial charge in [0.05, 0.1) is 5.02 Å². The van der Waals surface area contributed by atoms with E-state index in [0.29, 0.717) is 22.5 Å². The quantitative estimate of drug-likeness (QED) is 0.710. The van der Waals surface area contributed by atoms with E-state index in [4.69, 9.17) is 20.9 Å². The fraction of sp³-hybridized carbons (Fsp3) is 0.125. The lowest BCUT2D eigenvalue weighted by Crippen LogP contribution is -2.03. The molecule has 21 heavy (non-hydrogen) atoms. The summed E-state index contributed by atoms with van der Waals surface area (Å²) < 4.78 is 11.0. The molecule has 0 bridgehead atoms. The van der Waals surface area contributed by atoms with Crippen molar-refractivity contribution in [2.24, 2.45) is 0 Å². The second-order valence-electron chi connectivity index (χ2n) is 4.51. The fourth-order valence-electron chi connectivity index (χ4n) is 1.89. The van der Waals surface area contributed by atoms with Gasteiger partial charge in [-0.25, -0.2) is 0 Å². The summed E-state index contributed by atoms with van der Waals surface area (Å²) in [6.07, 6.45) is -0.380. The first kappa shape index (κ1) is 13.6. The van der Waals surface area contributed by atoms with E-state index in [1.807, 2.05) is 49.4 Å². The van der Waals surface area contributed by atoms with E-state index < -0.39 is 0 Å². The van der Waals surface area contributed by atoms with E-state index >= 15 is 0 Å². The van der Waals surface area contributed by atoms with Crippen LogP contribution in [0.25, 0.3) is 11.4 Å². The molecule has 0 aliphatic rings. The largest absolute Gasteiger partial charge is 0.479 e. The average Bonchev–Trinajstić information content (AvgIpc) is 3.00. The van der Waals surface area contributed by atoms with Crippen LogP contribution >= 0.6 is 11.6 Å². The molecule has 1 atom stereocenters. The SMILES string of the molecule is CC(Oc1ccccc1Cl)c1nc(-c2ccccc2)no1. The first-order valence-corrected chi connectivity index (χ1v) is 6.92. The molecule has 1 heterocycles. The molecule has 3 rings (SSSR count). The first-order valence-electron chi connectivity index (χ1n) is 6.54. The monoisotopic (exact) mass is 300 g/mol. The molecule has 0 N–H and O–H groups in total. The Morgan fingerprint density at radius 3 is 2.52 bits per heavy atom. The van der Waals surface area contributed by atoms with E-state index in [1.54, 1.807) is 12.1 Å². The van der Waals surface area contributed by atoms with Crippen molar-refractivity contribution in [3.63, 3.8) is 0 Å². The Hall–Kier alpha value is -2.33. The van der Waals surface area contributed by atoms with Crippen LogP contribution in [0.5, 0.6) is 5.75 Å². The molecule has 1 unspecified atom stereocenters. The maximum atomic E-state index is 6.07. The highest BCUT2D eigenvalue weighted by atomic mass is 35.5. The molecule has 0 saturated carbocycles. The smallest absolute Gasteiger partial charge is 0.267 e. The number of nitrogens with zero attached hydrogens (tertiary/aromatic N) is 2. The maximum Gasteiger partial charge on any atom is 0.267 e. The van der Waals surface area contributed by atoms with Gasteiger partial charge in [-0.1, -0.05) is 59.2 Å². The molecule has 3 aromatic rings. The van der Waals surface area contributed by atoms with Gasteiger partial charge < -0.3 is 9.26 Å². The molecule has 0 saturated heterocycles. The van der Waals surface area contributed by atoms with Crippen molar-refractivity contribution < 1.29 is 9.26 Å². The average molecular weight is 301 g/mol. The summed E-state index contributed by atoms with van der Waals surface area (Å²) in [5, 5.41) is 4.52. The number of para-hydroxylation sites is 1. The van der Waals surface area contributed by atoms with Gasteiger partial charge in [0.2, 0.25) is 5.82 Å². The van der Waals surface area contributed by atoms with Crippen LogP contribution in [0, 0.1) is 0 Å². The van der Waals surface area contributed by atoms with Gasteiger partial charge in [-0.05, 0) is 19.1 Å². The second-order valence-corrected chi connectivity index (χ2v) is 4.92. The van der Waals surface area contributed by atoms with Crippen LogP contribution < -0.4 is 4.74 Å². The molecular weight excluding hydrogens is 288 g/mol. The van der Waals surface area contributed by atoms with Gasteiger partial charge in [-0.2, -0.15) is 4.98 Å². The van der Waals surface area contributed by atoms with Gasteiger partial charge in [0.25, 0.3) is 5.89 Å². The van der Waals surface area contributed by atoms with Gasteiger partial charge in [0, 0.05) is 5.56 Å². The van der Waals surface area contributed by atoms with Gasteiger partial charge in [-0.15, -0.1) is 0 Å². The normalized spacial score (nSPS) is 12.1. The van der Waals surface area contributed by atoms with E-state index in [2.05, 4.69) is 10.1 Å². The highest BCUT2D eigenvalue weighted by Gasteiger charge is 2.17. The number of ether oxygens (including phenoxy) is 1. The Bertz CT molecular complexity index is 728. The molecular formula is C16H13ClN2O2. The van der Waals surface area contributed by atoms with Crippen LogP contribution in [0.2, 0.25) is 5.02 Å². The Balaban J connectivity index is 1.79. The summed E-state index contributed by atoms with van der Waals surface area (Å²) in [4.78, 5) is 4.36. The lowest BCUT2D eigenvalue weighted by molar-refractivity contribution is 0.176. The van der Waals surface area contributed by atoms with Crippen LogP contribution in [-0.2, 0) is 0 Å². The number of benzene rings is 2. The fourth-order valence-corrected chi connectivity index (χ4v) is 2.07. The third-order valence-corrected chi connectivity index (χ3v) is 3.27. The number of hydrogen-bond donors (Lipinski definition) is 0. The lowest BCUT2D eigenvalue weighted by Gasteiger charge is -2.11. The second kappa shape index (κ2) is 5.97. The minimum absolute atomic E-state index is 0.380. The van der Waals surface area contributed by atoms with Gasteiger partial charge >= 0.3 is 0 Å². The maximum absolute atomic E-state index is 6.07. The number of rotatable bonds is 4. The molecule has 0 fully saturated rings. The summed E-state index contributed by atoms with van der Waals surface area (Å²) >= 11 is 6.07. The highest BCUT2D eigenvalue weighted by molar-refractivity contribution is 6.32. The van der Waals surface area contributed by atoms with Crippen LogP contribution in [0.4, 0.5) is 0 Å². The Morgan fingerprint density at radius 2 is 1.76 bits per heavy atom. The number of halogens is 1. The van der Waals surface area contributed by atoms with Crippen molar-refractivity contribution in [1.82, 2.24) is 10.1 Å². The summed E-state index contributed by atoms with van der Waals surface area (Å²) in [5.74, 6) is 1.54. The predicted octanol–water partition coefficient (Wildman–Crippen LogP) is 4.53. The molecule has 0 aliphatic heterocycles. The topological polar surface area (TPSA) is 48.2 Å². The van der Waals surface area contributed by atoms with Crippen molar-refractivity contribution in [2.45, 2.75) is 13.0 Å². The zero-order valence-corrected chi connectivity index (χ0v) is 12.1. The standard InChI is InChI=1S/C16H13ClN2O2/c1-11(20-14-10-6-5-9-13(14)17)16-18-15(19-21-16)12-7-3-2-4-8-12/h2-11H,1H3.